The highest BCUT2D eigenvalue weighted by atomic mass is 79.9. The van der Waals surface area contributed by atoms with Gasteiger partial charge in [-0.2, -0.15) is 0 Å². The summed E-state index contributed by atoms with van der Waals surface area (Å²) in [4.78, 5) is 0. The smallest absolute Gasteiger partial charge is 0.105 e. The molecule has 0 saturated heterocycles. The molecule has 0 aromatic heterocycles. The van der Waals surface area contributed by atoms with E-state index >= 15 is 0 Å². The molecule has 0 fully saturated rings. The molecule has 0 aliphatic rings. The van der Waals surface area contributed by atoms with Gasteiger partial charge in [0.05, 0.1) is 6.10 Å². The van der Waals surface area contributed by atoms with Crippen LogP contribution in [-0.2, 0) is 0 Å². The Balaban J connectivity index is 3.03. The average Bonchev–Trinajstić information content (AvgIpc) is 2.16. The number of alkyl halides is 1. The molecule has 0 amide bonds. The molecule has 0 radical (unpaired) electrons. The quantitative estimate of drug-likeness (QED) is 0.839. The maximum absolute atomic E-state index is 10.1. The molecular formula is C12H16BrClO2. The van der Waals surface area contributed by atoms with Gasteiger partial charge in [0.15, 0.2) is 0 Å². The summed E-state index contributed by atoms with van der Waals surface area (Å²) in [6.45, 7) is 3.77. The minimum atomic E-state index is -0.852. The summed E-state index contributed by atoms with van der Waals surface area (Å²) in [6, 6.07) is 3.60. The Morgan fingerprint density at radius 2 is 1.75 bits per heavy atom. The predicted molar refractivity (Wildman–Crippen MR) is 70.3 cm³/mol. The lowest BCUT2D eigenvalue weighted by Crippen LogP contribution is -2.20. The van der Waals surface area contributed by atoms with Crippen molar-refractivity contribution in [1.82, 2.24) is 0 Å². The van der Waals surface area contributed by atoms with E-state index in [2.05, 4.69) is 15.9 Å². The van der Waals surface area contributed by atoms with Crippen molar-refractivity contribution in [2.75, 3.05) is 5.33 Å². The van der Waals surface area contributed by atoms with E-state index in [-0.39, 0.29) is 0 Å². The molecule has 2 atom stereocenters. The Morgan fingerprint density at radius 3 is 2.19 bits per heavy atom. The minimum absolute atomic E-state index is 0.517. The molecule has 0 aliphatic heterocycles. The third-order valence-corrected chi connectivity index (χ3v) is 3.30. The Bertz CT molecular complexity index is 345. The third kappa shape index (κ3) is 3.20. The molecule has 2 N–H and O–H groups in total. The summed E-state index contributed by atoms with van der Waals surface area (Å²) in [5.41, 5.74) is 2.59. The number of benzene rings is 1. The summed E-state index contributed by atoms with van der Waals surface area (Å²) in [5, 5.41) is 21.2. The van der Waals surface area contributed by atoms with Crippen molar-refractivity contribution >= 4 is 27.5 Å². The Kier molecular flexibility index (Phi) is 5.25. The lowest BCUT2D eigenvalue weighted by molar-refractivity contribution is 0.0166. The second-order valence-corrected chi connectivity index (χ2v) is 5.17. The van der Waals surface area contributed by atoms with Crippen LogP contribution in [0.15, 0.2) is 12.1 Å². The summed E-state index contributed by atoms with van der Waals surface area (Å²) in [5.74, 6) is 0. The number of aliphatic hydroxyl groups is 2. The van der Waals surface area contributed by atoms with Crippen LogP contribution in [-0.4, -0.2) is 21.6 Å². The molecule has 16 heavy (non-hydrogen) atoms. The summed E-state index contributed by atoms with van der Waals surface area (Å²) in [7, 11) is 0. The van der Waals surface area contributed by atoms with Gasteiger partial charge in [-0.15, -0.1) is 0 Å². The van der Waals surface area contributed by atoms with Crippen LogP contribution in [0.4, 0.5) is 0 Å². The van der Waals surface area contributed by atoms with Crippen LogP contribution in [0, 0.1) is 13.8 Å². The highest BCUT2D eigenvalue weighted by Gasteiger charge is 2.21. The van der Waals surface area contributed by atoms with Crippen molar-refractivity contribution in [3.63, 3.8) is 0 Å². The molecule has 4 heteroatoms. The van der Waals surface area contributed by atoms with Gasteiger partial charge in [-0.05, 0) is 49.1 Å². The molecular weight excluding hydrogens is 291 g/mol. The third-order valence-electron chi connectivity index (χ3n) is 2.62. The molecule has 0 spiro atoms. The number of aliphatic hydroxyl groups excluding tert-OH is 2. The lowest BCUT2D eigenvalue weighted by atomic mass is 9.94. The molecule has 0 bridgehead atoms. The van der Waals surface area contributed by atoms with Crippen LogP contribution in [0.3, 0.4) is 0 Å². The normalized spacial score (nSPS) is 14.9. The Morgan fingerprint density at radius 1 is 1.25 bits per heavy atom. The zero-order chi connectivity index (χ0) is 12.3. The van der Waals surface area contributed by atoms with Gasteiger partial charge in [0.2, 0.25) is 0 Å². The van der Waals surface area contributed by atoms with Crippen LogP contribution < -0.4 is 0 Å². The summed E-state index contributed by atoms with van der Waals surface area (Å²) >= 11 is 9.16. The number of aryl methyl sites for hydroxylation is 2. The van der Waals surface area contributed by atoms with Crippen LogP contribution >= 0.6 is 27.5 Å². The van der Waals surface area contributed by atoms with Gasteiger partial charge in [0.25, 0.3) is 0 Å². The van der Waals surface area contributed by atoms with Crippen molar-refractivity contribution in [1.29, 1.82) is 0 Å². The minimum Gasteiger partial charge on any atom is -0.390 e. The molecule has 0 saturated carbocycles. The number of rotatable bonds is 4. The standard InChI is InChI=1S/C12H16BrClO2/c1-7-5-9(14)6-8(2)11(7)12(16)10(15)3-4-13/h5-6,10,12,15-16H,3-4H2,1-2H3. The van der Waals surface area contributed by atoms with E-state index in [0.29, 0.717) is 16.8 Å². The van der Waals surface area contributed by atoms with Crippen molar-refractivity contribution in [3.8, 4) is 0 Å². The van der Waals surface area contributed by atoms with Crippen LogP contribution in [0.25, 0.3) is 0 Å². The lowest BCUT2D eigenvalue weighted by Gasteiger charge is -2.21. The van der Waals surface area contributed by atoms with Gasteiger partial charge in [0, 0.05) is 10.4 Å². The highest BCUT2D eigenvalue weighted by molar-refractivity contribution is 9.09. The van der Waals surface area contributed by atoms with Gasteiger partial charge < -0.3 is 10.2 Å². The first kappa shape index (κ1) is 14.0. The van der Waals surface area contributed by atoms with E-state index in [1.54, 1.807) is 12.1 Å². The second-order valence-electron chi connectivity index (χ2n) is 3.94. The first-order valence-electron chi connectivity index (χ1n) is 5.16. The molecule has 1 rings (SSSR count). The van der Waals surface area contributed by atoms with Gasteiger partial charge in [0.1, 0.15) is 6.10 Å². The van der Waals surface area contributed by atoms with E-state index in [9.17, 15) is 10.2 Å². The Labute approximate surface area is 109 Å². The molecule has 2 unspecified atom stereocenters. The monoisotopic (exact) mass is 306 g/mol. The largest absolute Gasteiger partial charge is 0.390 e. The average molecular weight is 308 g/mol. The summed E-state index contributed by atoms with van der Waals surface area (Å²) in [6.07, 6.45) is -1.09. The van der Waals surface area contributed by atoms with E-state index in [4.69, 9.17) is 11.6 Å². The molecule has 0 aliphatic carbocycles. The predicted octanol–water partition coefficient (Wildman–Crippen LogP) is 3.14. The van der Waals surface area contributed by atoms with Crippen molar-refractivity contribution < 1.29 is 10.2 Å². The van der Waals surface area contributed by atoms with Gasteiger partial charge >= 0.3 is 0 Å². The maximum Gasteiger partial charge on any atom is 0.105 e. The SMILES string of the molecule is Cc1cc(Cl)cc(C)c1C(O)C(O)CCBr. The molecule has 1 aromatic carbocycles. The highest BCUT2D eigenvalue weighted by Crippen LogP contribution is 2.28. The fourth-order valence-corrected chi connectivity index (χ4v) is 2.65. The van der Waals surface area contributed by atoms with Crippen molar-refractivity contribution in [3.05, 3.63) is 33.8 Å². The fourth-order valence-electron chi connectivity index (χ4n) is 1.85. The van der Waals surface area contributed by atoms with Crippen molar-refractivity contribution in [2.45, 2.75) is 32.5 Å². The number of hydrogen-bond donors (Lipinski definition) is 2. The summed E-state index contributed by atoms with van der Waals surface area (Å²) < 4.78 is 0. The zero-order valence-electron chi connectivity index (χ0n) is 9.37. The van der Waals surface area contributed by atoms with E-state index in [1.165, 1.54) is 0 Å². The van der Waals surface area contributed by atoms with Gasteiger partial charge in [-0.3, -0.25) is 0 Å². The van der Waals surface area contributed by atoms with E-state index < -0.39 is 12.2 Å². The number of hydrogen-bond acceptors (Lipinski definition) is 2. The first-order chi connectivity index (χ1) is 7.47. The molecule has 1 aromatic rings. The molecule has 0 heterocycles. The van der Waals surface area contributed by atoms with Gasteiger partial charge in [-0.1, -0.05) is 27.5 Å². The molecule has 90 valence electrons. The molecule has 2 nitrogen and oxygen atoms in total. The van der Waals surface area contributed by atoms with E-state index in [0.717, 1.165) is 16.7 Å². The fraction of sp³-hybridized carbons (Fsp3) is 0.500. The van der Waals surface area contributed by atoms with Crippen LogP contribution in [0.1, 0.15) is 29.2 Å². The maximum atomic E-state index is 10.1. The van der Waals surface area contributed by atoms with Gasteiger partial charge in [-0.25, -0.2) is 0 Å². The van der Waals surface area contributed by atoms with Crippen molar-refractivity contribution in [2.24, 2.45) is 0 Å². The Hall–Kier alpha value is -0.0900. The topological polar surface area (TPSA) is 40.5 Å². The van der Waals surface area contributed by atoms with Crippen LogP contribution in [0.5, 0.6) is 0 Å². The first-order valence-corrected chi connectivity index (χ1v) is 6.66. The second kappa shape index (κ2) is 6.01. The zero-order valence-corrected chi connectivity index (χ0v) is 11.7. The van der Waals surface area contributed by atoms with Crippen LogP contribution in [0.2, 0.25) is 5.02 Å². The van der Waals surface area contributed by atoms with E-state index in [1.807, 2.05) is 13.8 Å². The number of halogens is 2.